The lowest BCUT2D eigenvalue weighted by atomic mass is 10.1. The zero-order chi connectivity index (χ0) is 18.5. The maximum Gasteiger partial charge on any atom is 0.251 e. The molecule has 1 fully saturated rings. The van der Waals surface area contributed by atoms with Crippen LogP contribution in [-0.4, -0.2) is 51.4 Å². The molecule has 3 rings (SSSR count). The molecule has 1 aromatic carbocycles. The summed E-state index contributed by atoms with van der Waals surface area (Å²) in [6, 6.07) is 9.20. The van der Waals surface area contributed by atoms with Crippen LogP contribution in [0.3, 0.4) is 0 Å². The summed E-state index contributed by atoms with van der Waals surface area (Å²) in [6.07, 6.45) is 2.64. The molecule has 0 saturated carbocycles. The number of methoxy groups -OCH3 is 3. The lowest BCUT2D eigenvalue weighted by molar-refractivity contribution is 0.0939. The standard InChI is InChI=1S/C19H23N3O4/c1-24-15-10-13(11-16(25-2)18(15)26-3)19(23)21-14-7-9-22(12-14)17-6-4-5-8-20-17/h4-6,8,10-11,14H,7,9,12H2,1-3H3,(H,21,23). The Morgan fingerprint density at radius 1 is 1.15 bits per heavy atom. The molecule has 2 heterocycles. The third-order valence-electron chi connectivity index (χ3n) is 4.42. The van der Waals surface area contributed by atoms with E-state index in [-0.39, 0.29) is 11.9 Å². The molecule has 1 saturated heterocycles. The summed E-state index contributed by atoms with van der Waals surface area (Å²) in [5, 5.41) is 3.07. The average molecular weight is 357 g/mol. The Bertz CT molecular complexity index is 742. The molecule has 1 N–H and O–H groups in total. The number of pyridine rings is 1. The summed E-state index contributed by atoms with van der Waals surface area (Å²) < 4.78 is 15.9. The molecule has 0 aliphatic carbocycles. The summed E-state index contributed by atoms with van der Waals surface area (Å²) in [4.78, 5) is 19.2. The monoisotopic (exact) mass is 357 g/mol. The second kappa shape index (κ2) is 7.95. The third kappa shape index (κ3) is 3.66. The van der Waals surface area contributed by atoms with E-state index in [0.29, 0.717) is 22.8 Å². The van der Waals surface area contributed by atoms with Crippen LogP contribution in [0.15, 0.2) is 36.5 Å². The van der Waals surface area contributed by atoms with Crippen molar-refractivity contribution in [2.45, 2.75) is 12.5 Å². The summed E-state index contributed by atoms with van der Waals surface area (Å²) >= 11 is 0. The molecule has 1 aromatic heterocycles. The average Bonchev–Trinajstić information content (AvgIpc) is 3.15. The largest absolute Gasteiger partial charge is 0.493 e. The minimum Gasteiger partial charge on any atom is -0.493 e. The van der Waals surface area contributed by atoms with Gasteiger partial charge in [-0.2, -0.15) is 0 Å². The Kier molecular flexibility index (Phi) is 5.46. The predicted molar refractivity (Wildman–Crippen MR) is 98.4 cm³/mol. The van der Waals surface area contributed by atoms with Gasteiger partial charge in [0.2, 0.25) is 5.75 Å². The molecule has 1 aliphatic rings. The second-order valence-electron chi connectivity index (χ2n) is 6.01. The van der Waals surface area contributed by atoms with Gasteiger partial charge in [-0.15, -0.1) is 0 Å². The molecule has 0 spiro atoms. The van der Waals surface area contributed by atoms with Crippen LogP contribution in [0.2, 0.25) is 0 Å². The Morgan fingerprint density at radius 3 is 2.46 bits per heavy atom. The number of ether oxygens (including phenoxy) is 3. The minimum absolute atomic E-state index is 0.0589. The van der Waals surface area contributed by atoms with Crippen molar-refractivity contribution in [2.75, 3.05) is 39.3 Å². The van der Waals surface area contributed by atoms with Crippen molar-refractivity contribution in [3.63, 3.8) is 0 Å². The first-order valence-electron chi connectivity index (χ1n) is 8.43. The van der Waals surface area contributed by atoms with E-state index >= 15 is 0 Å². The highest BCUT2D eigenvalue weighted by atomic mass is 16.5. The maximum atomic E-state index is 12.7. The fraction of sp³-hybridized carbons (Fsp3) is 0.368. The number of nitrogens with zero attached hydrogens (tertiary/aromatic N) is 2. The van der Waals surface area contributed by atoms with Crippen LogP contribution in [0.25, 0.3) is 0 Å². The van der Waals surface area contributed by atoms with Gasteiger partial charge in [0.1, 0.15) is 5.82 Å². The molecule has 1 atom stereocenters. The molecular weight excluding hydrogens is 334 g/mol. The fourth-order valence-corrected chi connectivity index (χ4v) is 3.11. The van der Waals surface area contributed by atoms with Gasteiger partial charge < -0.3 is 24.4 Å². The number of hydrogen-bond donors (Lipinski definition) is 1. The van der Waals surface area contributed by atoms with Crippen LogP contribution in [0.5, 0.6) is 17.2 Å². The third-order valence-corrected chi connectivity index (χ3v) is 4.42. The Balaban J connectivity index is 1.71. The number of rotatable bonds is 6. The number of nitrogens with one attached hydrogen (secondary N) is 1. The highest BCUT2D eigenvalue weighted by Gasteiger charge is 2.26. The molecule has 1 unspecified atom stereocenters. The molecule has 0 bridgehead atoms. The topological polar surface area (TPSA) is 72.9 Å². The van der Waals surface area contributed by atoms with E-state index in [1.165, 1.54) is 21.3 Å². The normalized spacial score (nSPS) is 16.3. The lowest BCUT2D eigenvalue weighted by Crippen LogP contribution is -2.37. The van der Waals surface area contributed by atoms with Crippen molar-refractivity contribution in [3.05, 3.63) is 42.1 Å². The first-order valence-corrected chi connectivity index (χ1v) is 8.43. The van der Waals surface area contributed by atoms with Crippen molar-refractivity contribution in [2.24, 2.45) is 0 Å². The Hall–Kier alpha value is -2.96. The van der Waals surface area contributed by atoms with Crippen molar-refractivity contribution in [3.8, 4) is 17.2 Å². The van der Waals surface area contributed by atoms with Gasteiger partial charge >= 0.3 is 0 Å². The van der Waals surface area contributed by atoms with Crippen molar-refractivity contribution in [1.82, 2.24) is 10.3 Å². The minimum atomic E-state index is -0.169. The zero-order valence-corrected chi connectivity index (χ0v) is 15.2. The molecule has 1 aliphatic heterocycles. The zero-order valence-electron chi connectivity index (χ0n) is 15.2. The van der Waals surface area contributed by atoms with Crippen LogP contribution >= 0.6 is 0 Å². The first-order chi connectivity index (χ1) is 12.7. The van der Waals surface area contributed by atoms with E-state index in [1.54, 1.807) is 18.3 Å². The van der Waals surface area contributed by atoms with E-state index in [9.17, 15) is 4.79 Å². The van der Waals surface area contributed by atoms with Gasteiger partial charge in [-0.1, -0.05) is 6.07 Å². The molecule has 138 valence electrons. The van der Waals surface area contributed by atoms with Gasteiger partial charge in [-0.25, -0.2) is 4.98 Å². The Morgan fingerprint density at radius 2 is 1.88 bits per heavy atom. The lowest BCUT2D eigenvalue weighted by Gasteiger charge is -2.18. The van der Waals surface area contributed by atoms with Crippen LogP contribution in [0.1, 0.15) is 16.8 Å². The summed E-state index contributed by atoms with van der Waals surface area (Å²) in [6.45, 7) is 1.59. The summed E-state index contributed by atoms with van der Waals surface area (Å²) in [7, 11) is 4.59. The Labute approximate surface area is 152 Å². The molecule has 0 radical (unpaired) electrons. The second-order valence-corrected chi connectivity index (χ2v) is 6.01. The van der Waals surface area contributed by atoms with Crippen molar-refractivity contribution >= 4 is 11.7 Å². The smallest absolute Gasteiger partial charge is 0.251 e. The maximum absolute atomic E-state index is 12.7. The highest BCUT2D eigenvalue weighted by molar-refractivity contribution is 5.96. The number of anilines is 1. The van der Waals surface area contributed by atoms with E-state index in [0.717, 1.165) is 25.3 Å². The fourth-order valence-electron chi connectivity index (χ4n) is 3.11. The van der Waals surface area contributed by atoms with Crippen LogP contribution in [-0.2, 0) is 0 Å². The van der Waals surface area contributed by atoms with Gasteiger partial charge in [0, 0.05) is 30.9 Å². The van der Waals surface area contributed by atoms with E-state index < -0.39 is 0 Å². The molecule has 7 nitrogen and oxygen atoms in total. The van der Waals surface area contributed by atoms with Gasteiger partial charge in [0.15, 0.2) is 11.5 Å². The van der Waals surface area contributed by atoms with Gasteiger partial charge in [-0.05, 0) is 30.7 Å². The summed E-state index contributed by atoms with van der Waals surface area (Å²) in [5.74, 6) is 2.14. The molecule has 7 heteroatoms. The highest BCUT2D eigenvalue weighted by Crippen LogP contribution is 2.38. The van der Waals surface area contributed by atoms with E-state index in [2.05, 4.69) is 15.2 Å². The van der Waals surface area contributed by atoms with Crippen LogP contribution < -0.4 is 24.4 Å². The van der Waals surface area contributed by atoms with Gasteiger partial charge in [-0.3, -0.25) is 4.79 Å². The molecular formula is C19H23N3O4. The van der Waals surface area contributed by atoms with E-state index in [4.69, 9.17) is 14.2 Å². The number of aromatic nitrogens is 1. The molecule has 26 heavy (non-hydrogen) atoms. The van der Waals surface area contributed by atoms with Crippen LogP contribution in [0, 0.1) is 0 Å². The number of carbonyl (C=O) groups excluding carboxylic acids is 1. The van der Waals surface area contributed by atoms with Gasteiger partial charge in [0.05, 0.1) is 21.3 Å². The van der Waals surface area contributed by atoms with E-state index in [1.807, 2.05) is 18.2 Å². The number of benzene rings is 1. The first kappa shape index (κ1) is 17.8. The SMILES string of the molecule is COc1cc(C(=O)NC2CCN(c3ccccn3)C2)cc(OC)c1OC. The van der Waals surface area contributed by atoms with Crippen molar-refractivity contribution < 1.29 is 19.0 Å². The molecule has 2 aromatic rings. The predicted octanol–water partition coefficient (Wildman–Crippen LogP) is 2.12. The molecule has 1 amide bonds. The quantitative estimate of drug-likeness (QED) is 0.854. The van der Waals surface area contributed by atoms with Crippen molar-refractivity contribution in [1.29, 1.82) is 0 Å². The number of amides is 1. The van der Waals surface area contributed by atoms with Crippen LogP contribution in [0.4, 0.5) is 5.82 Å². The number of carbonyl (C=O) groups is 1. The summed E-state index contributed by atoms with van der Waals surface area (Å²) in [5.41, 5.74) is 0.468. The number of hydrogen-bond acceptors (Lipinski definition) is 6. The van der Waals surface area contributed by atoms with Gasteiger partial charge in [0.25, 0.3) is 5.91 Å².